The molecule has 0 spiro atoms. The molecule has 3 aromatic carbocycles. The van der Waals surface area contributed by atoms with E-state index < -0.39 is 23.8 Å². The Balaban J connectivity index is 1.33. The van der Waals surface area contributed by atoms with E-state index in [9.17, 15) is 14.7 Å². The second-order valence-electron chi connectivity index (χ2n) is 12.0. The van der Waals surface area contributed by atoms with Gasteiger partial charge in [0.1, 0.15) is 5.75 Å². The molecule has 1 saturated carbocycles. The number of nitrogens with one attached hydrogen (secondary N) is 1. The summed E-state index contributed by atoms with van der Waals surface area (Å²) in [4.78, 5) is 28.8. The first-order valence-electron chi connectivity index (χ1n) is 15.6. The van der Waals surface area contributed by atoms with Crippen LogP contribution in [0.25, 0.3) is 0 Å². The Labute approximate surface area is 268 Å². The zero-order valence-corrected chi connectivity index (χ0v) is 26.6. The lowest BCUT2D eigenvalue weighted by molar-refractivity contribution is -0.143. The van der Waals surface area contributed by atoms with Crippen LogP contribution in [0.15, 0.2) is 48.5 Å². The number of fused-ring (bicyclic) bond motifs is 1. The smallest absolute Gasteiger partial charge is 0.309 e. The Morgan fingerprint density at radius 2 is 1.73 bits per heavy atom. The molecular weight excluding hydrogens is 596 g/mol. The van der Waals surface area contributed by atoms with Crippen LogP contribution in [0.5, 0.6) is 23.0 Å². The third-order valence-corrected chi connectivity index (χ3v) is 9.25. The fourth-order valence-corrected chi connectivity index (χ4v) is 6.82. The summed E-state index contributed by atoms with van der Waals surface area (Å²) in [5.74, 6) is 0.391. The maximum atomic E-state index is 13.7. The van der Waals surface area contributed by atoms with E-state index in [2.05, 4.69) is 5.32 Å². The van der Waals surface area contributed by atoms with Crippen LogP contribution in [-0.2, 0) is 22.4 Å². The van der Waals surface area contributed by atoms with Crippen molar-refractivity contribution in [1.29, 1.82) is 0 Å². The number of methoxy groups -OCH3 is 1. The van der Waals surface area contributed by atoms with Gasteiger partial charge in [-0.05, 0) is 90.3 Å². The van der Waals surface area contributed by atoms with Gasteiger partial charge in [-0.1, -0.05) is 37.6 Å². The highest BCUT2D eigenvalue weighted by molar-refractivity contribution is 6.30. The summed E-state index contributed by atoms with van der Waals surface area (Å²) < 4.78 is 22.8. The number of carboxylic acid groups (broad SMARTS) is 1. The molecule has 10 heteroatoms. The maximum Gasteiger partial charge on any atom is 0.309 e. The van der Waals surface area contributed by atoms with Crippen molar-refractivity contribution in [3.63, 3.8) is 0 Å². The van der Waals surface area contributed by atoms with Gasteiger partial charge in [-0.2, -0.15) is 0 Å². The highest BCUT2D eigenvalue weighted by Crippen LogP contribution is 2.50. The Kier molecular flexibility index (Phi) is 9.10. The normalized spacial score (nSPS) is 20.7. The van der Waals surface area contributed by atoms with Gasteiger partial charge in [0.05, 0.1) is 26.2 Å². The molecule has 3 aliphatic rings. The molecule has 0 aromatic heterocycles. The van der Waals surface area contributed by atoms with Gasteiger partial charge in [0.25, 0.3) is 0 Å². The van der Waals surface area contributed by atoms with E-state index in [1.807, 2.05) is 67.3 Å². The van der Waals surface area contributed by atoms with E-state index in [1.54, 1.807) is 7.11 Å². The number of hydrogen-bond acceptors (Lipinski definition) is 7. The molecule has 1 saturated heterocycles. The topological polar surface area (TPSA) is 107 Å². The first kappa shape index (κ1) is 31.0. The third kappa shape index (κ3) is 6.56. The first-order valence-corrected chi connectivity index (χ1v) is 16.0. The van der Waals surface area contributed by atoms with Gasteiger partial charge in [0, 0.05) is 29.2 Å². The van der Waals surface area contributed by atoms with Crippen LogP contribution in [0.2, 0.25) is 5.02 Å². The third-order valence-electron chi connectivity index (χ3n) is 9.04. The molecule has 2 fully saturated rings. The number of amides is 1. The van der Waals surface area contributed by atoms with Crippen LogP contribution in [0, 0.1) is 11.8 Å². The first-order chi connectivity index (χ1) is 21.8. The van der Waals surface area contributed by atoms with E-state index >= 15 is 0 Å². The van der Waals surface area contributed by atoms with E-state index in [-0.39, 0.29) is 19.2 Å². The summed E-state index contributed by atoms with van der Waals surface area (Å²) in [6, 6.07) is 14.4. The van der Waals surface area contributed by atoms with Crippen molar-refractivity contribution in [3.8, 4) is 23.0 Å². The molecule has 2 aliphatic heterocycles. The van der Waals surface area contributed by atoms with Crippen molar-refractivity contribution in [3.05, 3.63) is 75.8 Å². The Morgan fingerprint density at radius 1 is 1.02 bits per heavy atom. The van der Waals surface area contributed by atoms with E-state index in [0.717, 1.165) is 33.7 Å². The van der Waals surface area contributed by atoms with Crippen LogP contribution < -0.4 is 24.3 Å². The van der Waals surface area contributed by atoms with Crippen LogP contribution in [0.1, 0.15) is 60.9 Å². The van der Waals surface area contributed by atoms with Crippen molar-refractivity contribution in [2.45, 2.75) is 51.5 Å². The average molecular weight is 635 g/mol. The monoisotopic (exact) mass is 634 g/mol. The van der Waals surface area contributed by atoms with Crippen molar-refractivity contribution >= 4 is 29.2 Å². The number of carbonyl (C=O) groups excluding carboxylic acids is 1. The number of rotatable bonds is 12. The number of nitrogens with zero attached hydrogens (tertiary/aromatic N) is 1. The van der Waals surface area contributed by atoms with Crippen molar-refractivity contribution < 1.29 is 33.6 Å². The van der Waals surface area contributed by atoms with Gasteiger partial charge in [-0.25, -0.2) is 0 Å². The predicted molar refractivity (Wildman–Crippen MR) is 171 cm³/mol. The van der Waals surface area contributed by atoms with Crippen molar-refractivity contribution in [2.24, 2.45) is 11.8 Å². The second-order valence-corrected chi connectivity index (χ2v) is 12.4. The Hall–Kier alpha value is -3.95. The lowest BCUT2D eigenvalue weighted by atomic mass is 9.82. The van der Waals surface area contributed by atoms with Crippen molar-refractivity contribution in [2.75, 3.05) is 38.9 Å². The summed E-state index contributed by atoms with van der Waals surface area (Å²) >= 11 is 6.36. The number of ether oxygens (including phenoxy) is 4. The van der Waals surface area contributed by atoms with Crippen LogP contribution in [0.3, 0.4) is 0 Å². The quantitative estimate of drug-likeness (QED) is 0.233. The molecule has 0 bridgehead atoms. The molecule has 2 N–H and O–H groups in total. The SMILES string of the molecule is CCc1cc(Cl)cc(CC)c1NC(=O)CN1C[C@H](c2cc(OC)c3c(c2)OCO3)C(C(=O)O)[C@@H]1c1ccc(OCC2CC2)cc1. The van der Waals surface area contributed by atoms with Crippen LogP contribution >= 0.6 is 11.6 Å². The second kappa shape index (κ2) is 13.2. The molecule has 1 unspecified atom stereocenters. The highest BCUT2D eigenvalue weighted by atomic mass is 35.5. The van der Waals surface area contributed by atoms with E-state index in [4.69, 9.17) is 30.5 Å². The number of aryl methyl sites for hydroxylation is 2. The number of aliphatic carboxylic acids is 1. The zero-order chi connectivity index (χ0) is 31.7. The summed E-state index contributed by atoms with van der Waals surface area (Å²) in [5.41, 5.74) is 4.25. The number of carbonyl (C=O) groups is 2. The molecule has 1 aliphatic carbocycles. The van der Waals surface area contributed by atoms with Gasteiger partial charge in [-0.3, -0.25) is 14.5 Å². The number of halogens is 1. The van der Waals surface area contributed by atoms with Gasteiger partial charge in [0.15, 0.2) is 11.5 Å². The van der Waals surface area contributed by atoms with Crippen LogP contribution in [0.4, 0.5) is 5.69 Å². The summed E-state index contributed by atoms with van der Waals surface area (Å²) in [7, 11) is 1.54. The van der Waals surface area contributed by atoms with E-state index in [1.165, 1.54) is 12.8 Å². The standard InChI is InChI=1S/C35H39ClN2O7/c1-4-21-12-25(36)13-22(5-2)32(21)37-30(39)17-38-16-27(24-14-28(42-3)34-29(15-24)44-19-45-34)31(35(40)41)33(38)23-8-10-26(11-9-23)43-18-20-6-7-20/h8-15,20,27,31,33H,4-7,16-19H2,1-3H3,(H,37,39)(H,40,41)/t27-,31?,33+/m1/s1. The van der Waals surface area contributed by atoms with E-state index in [0.29, 0.717) is 54.2 Å². The molecule has 3 atom stereocenters. The number of benzene rings is 3. The minimum absolute atomic E-state index is 0.00149. The number of carboxylic acids is 1. The molecule has 6 rings (SSSR count). The van der Waals surface area contributed by atoms with Crippen LogP contribution in [-0.4, -0.2) is 55.5 Å². The Morgan fingerprint density at radius 3 is 2.36 bits per heavy atom. The summed E-state index contributed by atoms with van der Waals surface area (Å²) in [6.45, 7) is 5.14. The maximum absolute atomic E-state index is 13.7. The van der Waals surface area contributed by atoms with Gasteiger partial charge >= 0.3 is 5.97 Å². The molecule has 1 amide bonds. The fraction of sp³-hybridized carbons (Fsp3) is 0.429. The fourth-order valence-electron chi connectivity index (χ4n) is 6.56. The zero-order valence-electron chi connectivity index (χ0n) is 25.8. The molecule has 238 valence electrons. The van der Waals surface area contributed by atoms with Gasteiger partial charge in [-0.15, -0.1) is 0 Å². The number of likely N-dealkylation sites (tertiary alicyclic amines) is 1. The number of hydrogen-bond donors (Lipinski definition) is 2. The average Bonchev–Trinajstić information content (AvgIpc) is 3.61. The molecular formula is C35H39ClN2O7. The Bertz CT molecular complexity index is 1550. The van der Waals surface area contributed by atoms with Gasteiger partial charge < -0.3 is 29.4 Å². The molecule has 9 nitrogen and oxygen atoms in total. The lowest BCUT2D eigenvalue weighted by Crippen LogP contribution is -2.35. The molecule has 0 radical (unpaired) electrons. The molecule has 2 heterocycles. The number of anilines is 1. The largest absolute Gasteiger partial charge is 0.493 e. The minimum atomic E-state index is -0.946. The van der Waals surface area contributed by atoms with Gasteiger partial charge in [0.2, 0.25) is 18.4 Å². The summed E-state index contributed by atoms with van der Waals surface area (Å²) in [5, 5.41) is 14.5. The molecule has 45 heavy (non-hydrogen) atoms. The highest BCUT2D eigenvalue weighted by Gasteiger charge is 2.48. The van der Waals surface area contributed by atoms with Crippen molar-refractivity contribution in [1.82, 2.24) is 4.90 Å². The molecule has 3 aromatic rings. The lowest BCUT2D eigenvalue weighted by Gasteiger charge is -2.27. The predicted octanol–water partition coefficient (Wildman–Crippen LogP) is 6.47. The summed E-state index contributed by atoms with van der Waals surface area (Å²) in [6.07, 6.45) is 3.80. The minimum Gasteiger partial charge on any atom is -0.493 e.